The van der Waals surface area contributed by atoms with Crippen LogP contribution < -0.4 is 0 Å². The lowest BCUT2D eigenvalue weighted by Gasteiger charge is -2.46. The molecule has 21 heavy (non-hydrogen) atoms. The molecule has 0 amide bonds. The van der Waals surface area contributed by atoms with E-state index in [4.69, 9.17) is 9.47 Å². The van der Waals surface area contributed by atoms with Crippen molar-refractivity contribution < 1.29 is 24.2 Å². The number of carbonyl (C=O) groups excluding carboxylic acids is 1. The van der Waals surface area contributed by atoms with E-state index in [2.05, 4.69) is 0 Å². The van der Waals surface area contributed by atoms with Crippen molar-refractivity contribution in [2.45, 2.75) is 45.1 Å². The summed E-state index contributed by atoms with van der Waals surface area (Å²) in [6.45, 7) is 3.93. The van der Waals surface area contributed by atoms with Crippen LogP contribution in [0.15, 0.2) is 0 Å². The van der Waals surface area contributed by atoms with E-state index < -0.39 is 17.4 Å². The number of hydrogen-bond donors (Lipinski definition) is 1. The maximum Gasteiger partial charge on any atom is 0.323 e. The summed E-state index contributed by atoms with van der Waals surface area (Å²) in [7, 11) is 0. The Bertz CT molecular complexity index is 399. The number of esters is 1. The van der Waals surface area contributed by atoms with Crippen molar-refractivity contribution in [2.75, 3.05) is 24.7 Å². The molecule has 120 valence electrons. The van der Waals surface area contributed by atoms with E-state index >= 15 is 0 Å². The van der Waals surface area contributed by atoms with Crippen LogP contribution in [0.1, 0.15) is 39.5 Å². The lowest BCUT2D eigenvalue weighted by molar-refractivity contribution is -0.181. The summed E-state index contributed by atoms with van der Waals surface area (Å²) in [5.41, 5.74) is -1.71. The molecule has 5 nitrogen and oxygen atoms in total. The summed E-state index contributed by atoms with van der Waals surface area (Å²) >= 11 is 1.90. The Labute approximate surface area is 129 Å². The number of ether oxygens (including phenoxy) is 2. The molecule has 0 aromatic rings. The number of rotatable bonds is 4. The Hall–Kier alpha value is -0.750. The molecule has 2 aliphatic heterocycles. The van der Waals surface area contributed by atoms with Gasteiger partial charge in [-0.1, -0.05) is 0 Å². The maximum atomic E-state index is 12.2. The Morgan fingerprint density at radius 3 is 2.67 bits per heavy atom. The average Bonchev–Trinajstić information content (AvgIpc) is 2.47. The molecule has 0 radical (unpaired) electrons. The normalized spacial score (nSPS) is 27.8. The molecule has 0 saturated carbocycles. The van der Waals surface area contributed by atoms with Gasteiger partial charge in [0.15, 0.2) is 5.41 Å². The molecule has 0 aromatic heterocycles. The predicted molar refractivity (Wildman–Crippen MR) is 80.3 cm³/mol. The molecule has 2 saturated heterocycles. The van der Waals surface area contributed by atoms with Crippen LogP contribution in [-0.4, -0.2) is 47.4 Å². The third-order valence-corrected chi connectivity index (χ3v) is 5.84. The number of carboxylic acid groups (broad SMARTS) is 1. The van der Waals surface area contributed by atoms with Gasteiger partial charge in [-0.25, -0.2) is 0 Å². The molecule has 2 rings (SSSR count). The van der Waals surface area contributed by atoms with Crippen LogP contribution in [0, 0.1) is 11.3 Å². The van der Waals surface area contributed by atoms with Crippen LogP contribution in [0.2, 0.25) is 0 Å². The van der Waals surface area contributed by atoms with Crippen LogP contribution in [0.4, 0.5) is 0 Å². The molecular weight excluding hydrogens is 292 g/mol. The smallest absolute Gasteiger partial charge is 0.323 e. The minimum atomic E-state index is -1.47. The molecule has 1 N–H and O–H groups in total. The summed E-state index contributed by atoms with van der Waals surface area (Å²) in [6, 6.07) is 0. The predicted octanol–water partition coefficient (Wildman–Crippen LogP) is 2.33. The minimum absolute atomic E-state index is 0.201. The zero-order chi connectivity index (χ0) is 15.5. The Kier molecular flexibility index (Phi) is 5.20. The van der Waals surface area contributed by atoms with Crippen molar-refractivity contribution in [3.63, 3.8) is 0 Å². The second kappa shape index (κ2) is 6.57. The molecule has 2 aliphatic rings. The van der Waals surface area contributed by atoms with E-state index in [1.54, 1.807) is 6.92 Å². The van der Waals surface area contributed by atoms with E-state index in [9.17, 15) is 14.7 Å². The third kappa shape index (κ3) is 3.21. The molecule has 2 atom stereocenters. The summed E-state index contributed by atoms with van der Waals surface area (Å²) in [6.07, 6.45) is 3.10. The number of aliphatic carboxylic acids is 1. The van der Waals surface area contributed by atoms with Gasteiger partial charge in [-0.15, -0.1) is 0 Å². The van der Waals surface area contributed by atoms with E-state index in [1.165, 1.54) is 6.92 Å². The molecular formula is C15H24O5S. The fourth-order valence-corrected chi connectivity index (χ4v) is 4.56. The number of thioether (sulfide) groups is 1. The second-order valence-corrected chi connectivity index (χ2v) is 7.29. The Morgan fingerprint density at radius 1 is 1.43 bits per heavy atom. The van der Waals surface area contributed by atoms with Gasteiger partial charge in [-0.3, -0.25) is 9.59 Å². The first-order valence-corrected chi connectivity index (χ1v) is 8.72. The first-order chi connectivity index (χ1) is 9.94. The molecule has 6 heteroatoms. The fraction of sp³-hybridized carbons (Fsp3) is 0.867. The van der Waals surface area contributed by atoms with Crippen molar-refractivity contribution >= 4 is 23.7 Å². The third-order valence-electron chi connectivity index (χ3n) is 4.86. The monoisotopic (exact) mass is 316 g/mol. The van der Waals surface area contributed by atoms with E-state index in [0.29, 0.717) is 19.4 Å². The SMILES string of the molecule is CCOC(=O)C(C)(C(=O)O)C1CCOC2(CCSCC2)C1. The van der Waals surface area contributed by atoms with Crippen molar-refractivity contribution in [3.05, 3.63) is 0 Å². The zero-order valence-corrected chi connectivity index (χ0v) is 13.5. The van der Waals surface area contributed by atoms with E-state index in [-0.39, 0.29) is 18.1 Å². The zero-order valence-electron chi connectivity index (χ0n) is 12.7. The molecule has 0 aromatic carbocycles. The lowest BCUT2D eigenvalue weighted by atomic mass is 9.68. The Balaban J connectivity index is 2.20. The van der Waals surface area contributed by atoms with Gasteiger partial charge in [0.25, 0.3) is 0 Å². The standard InChI is InChI=1S/C15H24O5S/c1-3-19-13(18)14(2,12(16)17)11-4-7-20-15(10-11)5-8-21-9-6-15/h11H,3-10H2,1-2H3,(H,16,17). The van der Waals surface area contributed by atoms with Crippen LogP contribution in [0.25, 0.3) is 0 Å². The summed E-state index contributed by atoms with van der Waals surface area (Å²) in [4.78, 5) is 24.0. The number of carbonyl (C=O) groups is 2. The highest BCUT2D eigenvalue weighted by molar-refractivity contribution is 7.99. The van der Waals surface area contributed by atoms with Crippen LogP contribution >= 0.6 is 11.8 Å². The van der Waals surface area contributed by atoms with Gasteiger partial charge < -0.3 is 14.6 Å². The van der Waals surface area contributed by atoms with Crippen LogP contribution in [-0.2, 0) is 19.1 Å². The molecule has 0 aliphatic carbocycles. The highest BCUT2D eigenvalue weighted by Crippen LogP contribution is 2.46. The summed E-state index contributed by atoms with van der Waals surface area (Å²) < 4.78 is 11.0. The van der Waals surface area contributed by atoms with Gasteiger partial charge in [0, 0.05) is 6.61 Å². The fourth-order valence-electron chi connectivity index (χ4n) is 3.32. The summed E-state index contributed by atoms with van der Waals surface area (Å²) in [5, 5.41) is 9.62. The van der Waals surface area contributed by atoms with Crippen molar-refractivity contribution in [3.8, 4) is 0 Å². The van der Waals surface area contributed by atoms with Gasteiger partial charge in [0.2, 0.25) is 0 Å². The molecule has 2 heterocycles. The van der Waals surface area contributed by atoms with E-state index in [1.807, 2.05) is 11.8 Å². The number of hydrogen-bond acceptors (Lipinski definition) is 5. The number of carboxylic acids is 1. The van der Waals surface area contributed by atoms with Gasteiger partial charge in [-0.05, 0) is 57.0 Å². The highest BCUT2D eigenvalue weighted by atomic mass is 32.2. The molecule has 2 fully saturated rings. The van der Waals surface area contributed by atoms with E-state index in [0.717, 1.165) is 24.3 Å². The van der Waals surface area contributed by atoms with Gasteiger partial charge in [0.05, 0.1) is 12.2 Å². The van der Waals surface area contributed by atoms with Crippen molar-refractivity contribution in [2.24, 2.45) is 11.3 Å². The first kappa shape index (κ1) is 16.6. The van der Waals surface area contributed by atoms with Gasteiger partial charge in [0.1, 0.15) is 0 Å². The quantitative estimate of drug-likeness (QED) is 0.634. The highest BCUT2D eigenvalue weighted by Gasteiger charge is 2.54. The van der Waals surface area contributed by atoms with Gasteiger partial charge >= 0.3 is 11.9 Å². The van der Waals surface area contributed by atoms with Crippen LogP contribution in [0.3, 0.4) is 0 Å². The van der Waals surface area contributed by atoms with Crippen molar-refractivity contribution in [1.82, 2.24) is 0 Å². The lowest BCUT2D eigenvalue weighted by Crippen LogP contribution is -2.52. The molecule has 0 bridgehead atoms. The largest absolute Gasteiger partial charge is 0.480 e. The van der Waals surface area contributed by atoms with Gasteiger partial charge in [-0.2, -0.15) is 11.8 Å². The molecule has 1 spiro atoms. The summed E-state index contributed by atoms with van der Waals surface area (Å²) in [5.74, 6) is 0.134. The Morgan fingerprint density at radius 2 is 2.10 bits per heavy atom. The van der Waals surface area contributed by atoms with Crippen molar-refractivity contribution in [1.29, 1.82) is 0 Å². The average molecular weight is 316 g/mol. The second-order valence-electron chi connectivity index (χ2n) is 6.06. The first-order valence-electron chi connectivity index (χ1n) is 7.57. The molecule has 2 unspecified atom stereocenters. The minimum Gasteiger partial charge on any atom is -0.480 e. The van der Waals surface area contributed by atoms with Crippen LogP contribution in [0.5, 0.6) is 0 Å². The topological polar surface area (TPSA) is 72.8 Å². The maximum absolute atomic E-state index is 12.2.